The van der Waals surface area contributed by atoms with E-state index in [9.17, 15) is 24.3 Å². The lowest BCUT2D eigenvalue weighted by Gasteiger charge is -2.14. The van der Waals surface area contributed by atoms with Gasteiger partial charge in [-0.2, -0.15) is 0 Å². The summed E-state index contributed by atoms with van der Waals surface area (Å²) in [6.45, 7) is 1.32. The first kappa shape index (κ1) is 16.8. The second kappa shape index (κ2) is 7.14. The third-order valence-electron chi connectivity index (χ3n) is 2.92. The molecule has 0 bridgehead atoms. The maximum atomic E-state index is 12.2. The fourth-order valence-electron chi connectivity index (χ4n) is 1.90. The number of imide groups is 1. The molecular weight excluding hydrogens is 324 g/mol. The van der Waals surface area contributed by atoms with Gasteiger partial charge in [-0.05, 0) is 36.4 Å². The molecule has 1 aliphatic rings. The van der Waals surface area contributed by atoms with E-state index in [1.54, 1.807) is 13.0 Å². The highest BCUT2D eigenvalue weighted by molar-refractivity contribution is 8.15. The zero-order valence-electron chi connectivity index (χ0n) is 12.1. The molecule has 2 rings (SSSR count). The van der Waals surface area contributed by atoms with E-state index in [4.69, 9.17) is 4.74 Å². The lowest BCUT2D eigenvalue weighted by Crippen LogP contribution is -2.38. The van der Waals surface area contributed by atoms with Crippen molar-refractivity contribution in [2.75, 3.05) is 18.5 Å². The highest BCUT2D eigenvalue weighted by atomic mass is 32.2. The molecule has 8 nitrogen and oxygen atoms in total. The SMILES string of the molecule is CCOC(=O)CN1C(=O)S[C@@H](Nc2cccc(C(=O)[O-])c2)C1=O. The molecule has 0 unspecified atom stereocenters. The number of ether oxygens (including phenoxy) is 1. The standard InChI is InChI=1S/C14H14N2O6S/c1-2-22-10(17)7-16-12(18)11(23-14(16)21)15-9-5-3-4-8(6-9)13(19)20/h3-6,11,15H,2,7H2,1H3,(H,19,20)/p-1/t11-/m1/s1. The molecule has 2 amide bonds. The minimum absolute atomic E-state index is 0.0554. The number of thioether (sulfide) groups is 1. The van der Waals surface area contributed by atoms with Gasteiger partial charge in [0.15, 0.2) is 5.37 Å². The van der Waals surface area contributed by atoms with Gasteiger partial charge in [0.2, 0.25) is 0 Å². The summed E-state index contributed by atoms with van der Waals surface area (Å²) < 4.78 is 4.71. The number of carbonyl (C=O) groups is 4. The normalized spacial score (nSPS) is 17.3. The highest BCUT2D eigenvalue weighted by Gasteiger charge is 2.40. The topological polar surface area (TPSA) is 116 Å². The number of carboxylic acid groups (broad SMARTS) is 1. The number of carbonyl (C=O) groups excluding carboxylic acids is 4. The summed E-state index contributed by atoms with van der Waals surface area (Å²) in [5.41, 5.74) is 0.295. The number of hydrogen-bond donors (Lipinski definition) is 1. The highest BCUT2D eigenvalue weighted by Crippen LogP contribution is 2.28. The number of amides is 2. The van der Waals surface area contributed by atoms with E-state index in [1.165, 1.54) is 18.2 Å². The van der Waals surface area contributed by atoms with E-state index < -0.39 is 35.0 Å². The third-order valence-corrected chi connectivity index (χ3v) is 3.90. The summed E-state index contributed by atoms with van der Waals surface area (Å²) in [6.07, 6.45) is 0. The predicted molar refractivity (Wildman–Crippen MR) is 79.5 cm³/mol. The van der Waals surface area contributed by atoms with Crippen LogP contribution < -0.4 is 10.4 Å². The van der Waals surface area contributed by atoms with Gasteiger partial charge in [0.25, 0.3) is 11.1 Å². The van der Waals surface area contributed by atoms with Gasteiger partial charge in [-0.25, -0.2) is 0 Å². The summed E-state index contributed by atoms with van der Waals surface area (Å²) >= 11 is 0.706. The first-order chi connectivity index (χ1) is 10.9. The average molecular weight is 337 g/mol. The summed E-state index contributed by atoms with van der Waals surface area (Å²) in [6, 6.07) is 5.68. The number of hydrogen-bond acceptors (Lipinski definition) is 8. The van der Waals surface area contributed by atoms with E-state index in [2.05, 4.69) is 5.32 Å². The van der Waals surface area contributed by atoms with E-state index in [0.717, 1.165) is 4.90 Å². The van der Waals surface area contributed by atoms with Gasteiger partial charge >= 0.3 is 5.97 Å². The molecule has 1 aromatic rings. The van der Waals surface area contributed by atoms with Crippen LogP contribution in [0.15, 0.2) is 24.3 Å². The molecule has 1 N–H and O–H groups in total. The molecule has 122 valence electrons. The molecule has 0 aromatic heterocycles. The zero-order valence-corrected chi connectivity index (χ0v) is 12.9. The molecule has 23 heavy (non-hydrogen) atoms. The number of rotatable bonds is 6. The van der Waals surface area contributed by atoms with Gasteiger partial charge < -0.3 is 20.0 Å². The number of aromatic carboxylic acids is 1. The van der Waals surface area contributed by atoms with Crippen molar-refractivity contribution in [3.63, 3.8) is 0 Å². The summed E-state index contributed by atoms with van der Waals surface area (Å²) in [5, 5.41) is 12.1. The van der Waals surface area contributed by atoms with Crippen LogP contribution in [0.4, 0.5) is 10.5 Å². The third kappa shape index (κ3) is 4.01. The van der Waals surface area contributed by atoms with E-state index in [0.29, 0.717) is 17.4 Å². The van der Waals surface area contributed by atoms with Gasteiger partial charge in [-0.3, -0.25) is 19.3 Å². The van der Waals surface area contributed by atoms with Crippen molar-refractivity contribution in [3.8, 4) is 0 Å². The van der Waals surface area contributed by atoms with Crippen LogP contribution in [0.5, 0.6) is 0 Å². The number of nitrogens with zero attached hydrogens (tertiary/aromatic N) is 1. The van der Waals surface area contributed by atoms with Crippen molar-refractivity contribution in [3.05, 3.63) is 29.8 Å². The van der Waals surface area contributed by atoms with Crippen LogP contribution in [0.1, 0.15) is 17.3 Å². The second-order valence-corrected chi connectivity index (χ2v) is 5.56. The smallest absolute Gasteiger partial charge is 0.326 e. The van der Waals surface area contributed by atoms with Crippen molar-refractivity contribution in [2.24, 2.45) is 0 Å². The fraction of sp³-hybridized carbons (Fsp3) is 0.286. The monoisotopic (exact) mass is 337 g/mol. The van der Waals surface area contributed by atoms with E-state index in [1.807, 2.05) is 0 Å². The second-order valence-electron chi connectivity index (χ2n) is 4.51. The Morgan fingerprint density at radius 2 is 2.13 bits per heavy atom. The number of esters is 1. The molecule has 0 saturated carbocycles. The minimum Gasteiger partial charge on any atom is -0.545 e. The molecule has 1 heterocycles. The largest absolute Gasteiger partial charge is 0.545 e. The zero-order chi connectivity index (χ0) is 17.0. The molecule has 9 heteroatoms. The summed E-state index contributed by atoms with van der Waals surface area (Å²) in [4.78, 5) is 47.0. The molecule has 1 saturated heterocycles. The Kier molecular flexibility index (Phi) is 5.22. The molecule has 1 aromatic carbocycles. The Hall–Kier alpha value is -2.55. The van der Waals surface area contributed by atoms with Crippen molar-refractivity contribution in [1.29, 1.82) is 0 Å². The number of nitrogens with one attached hydrogen (secondary N) is 1. The average Bonchev–Trinajstić information content (AvgIpc) is 2.75. The summed E-state index contributed by atoms with van der Waals surface area (Å²) in [5.74, 6) is -2.61. The first-order valence-electron chi connectivity index (χ1n) is 6.68. The number of carboxylic acids is 1. The molecule has 1 atom stereocenters. The minimum atomic E-state index is -1.35. The van der Waals surface area contributed by atoms with Gasteiger partial charge in [-0.1, -0.05) is 12.1 Å². The van der Waals surface area contributed by atoms with Crippen LogP contribution >= 0.6 is 11.8 Å². The molecule has 1 fully saturated rings. The molecule has 0 radical (unpaired) electrons. The summed E-state index contributed by atoms with van der Waals surface area (Å²) in [7, 11) is 0. The van der Waals surface area contributed by atoms with Crippen LogP contribution in [0.25, 0.3) is 0 Å². The van der Waals surface area contributed by atoms with Gasteiger partial charge in [0, 0.05) is 5.69 Å². The Morgan fingerprint density at radius 3 is 2.78 bits per heavy atom. The predicted octanol–water partition coefficient (Wildman–Crippen LogP) is 0.0466. The van der Waals surface area contributed by atoms with Gasteiger partial charge in [-0.15, -0.1) is 0 Å². The van der Waals surface area contributed by atoms with Crippen molar-refractivity contribution in [1.82, 2.24) is 4.90 Å². The lowest BCUT2D eigenvalue weighted by atomic mass is 10.2. The van der Waals surface area contributed by atoms with Crippen LogP contribution in [0.3, 0.4) is 0 Å². The number of benzene rings is 1. The Labute approximate surface area is 135 Å². The Bertz CT molecular complexity index is 662. The quantitative estimate of drug-likeness (QED) is 0.724. The van der Waals surface area contributed by atoms with Crippen LogP contribution in [0, 0.1) is 0 Å². The molecular formula is C14H13N2O6S-. The Morgan fingerprint density at radius 1 is 1.39 bits per heavy atom. The molecule has 1 aliphatic heterocycles. The van der Waals surface area contributed by atoms with Gasteiger partial charge in [0.05, 0.1) is 12.6 Å². The molecule has 0 spiro atoms. The lowest BCUT2D eigenvalue weighted by molar-refractivity contribution is -0.255. The van der Waals surface area contributed by atoms with E-state index in [-0.39, 0.29) is 12.2 Å². The van der Waals surface area contributed by atoms with E-state index >= 15 is 0 Å². The van der Waals surface area contributed by atoms with Gasteiger partial charge in [0.1, 0.15) is 6.54 Å². The Balaban J connectivity index is 2.06. The van der Waals surface area contributed by atoms with Crippen molar-refractivity contribution in [2.45, 2.75) is 12.3 Å². The molecule has 0 aliphatic carbocycles. The van der Waals surface area contributed by atoms with Crippen LogP contribution in [-0.2, 0) is 14.3 Å². The maximum absolute atomic E-state index is 12.2. The van der Waals surface area contributed by atoms with Crippen LogP contribution in [0.2, 0.25) is 0 Å². The fourth-order valence-corrected chi connectivity index (χ4v) is 2.81. The van der Waals surface area contributed by atoms with Crippen molar-refractivity contribution < 1.29 is 29.0 Å². The number of anilines is 1. The van der Waals surface area contributed by atoms with Crippen molar-refractivity contribution >= 4 is 40.5 Å². The maximum Gasteiger partial charge on any atom is 0.326 e. The first-order valence-corrected chi connectivity index (χ1v) is 7.56. The van der Waals surface area contributed by atoms with Crippen LogP contribution in [-0.4, -0.2) is 46.5 Å².